The highest BCUT2D eigenvalue weighted by Gasteiger charge is 2.52. The first-order valence-electron chi connectivity index (χ1n) is 9.81. The average molecular weight is 372 g/mol. The molecule has 0 aromatic heterocycles. The van der Waals surface area contributed by atoms with Gasteiger partial charge in [-0.15, -0.1) is 0 Å². The van der Waals surface area contributed by atoms with Crippen molar-refractivity contribution in [1.82, 2.24) is 20.7 Å². The van der Waals surface area contributed by atoms with E-state index in [2.05, 4.69) is 15.6 Å². The number of rotatable bonds is 5. The lowest BCUT2D eigenvalue weighted by Crippen LogP contribution is -2.51. The van der Waals surface area contributed by atoms with Gasteiger partial charge in [0, 0.05) is 0 Å². The van der Waals surface area contributed by atoms with Gasteiger partial charge < -0.3 is 5.32 Å². The molecule has 2 aliphatic heterocycles. The molecule has 7 nitrogen and oxygen atoms in total. The maximum Gasteiger partial charge on any atom is 0.344 e. The van der Waals surface area contributed by atoms with Gasteiger partial charge in [0.15, 0.2) is 0 Å². The van der Waals surface area contributed by atoms with Crippen molar-refractivity contribution in [3.05, 3.63) is 35.9 Å². The minimum Gasteiger partial charge on any atom is -0.318 e. The molecule has 1 atom stereocenters. The molecular weight excluding hydrogens is 344 g/mol. The van der Waals surface area contributed by atoms with Crippen LogP contribution >= 0.6 is 0 Å². The number of hydrogen-bond donors (Lipinski definition) is 2. The Kier molecular flexibility index (Phi) is 6.11. The van der Waals surface area contributed by atoms with Crippen LogP contribution < -0.4 is 10.7 Å². The molecule has 4 amide bonds. The summed E-state index contributed by atoms with van der Waals surface area (Å²) >= 11 is 0. The fraction of sp³-hybridized carbons (Fsp3) is 0.550. The van der Waals surface area contributed by atoms with Gasteiger partial charge >= 0.3 is 6.03 Å². The largest absolute Gasteiger partial charge is 0.344 e. The number of amides is 4. The van der Waals surface area contributed by atoms with Crippen molar-refractivity contribution in [3.8, 4) is 0 Å². The van der Waals surface area contributed by atoms with Gasteiger partial charge in [0.1, 0.15) is 5.54 Å². The maximum absolute atomic E-state index is 13.0. The zero-order chi connectivity index (χ0) is 19.3. The van der Waals surface area contributed by atoms with Crippen LogP contribution in [0.4, 0.5) is 4.79 Å². The molecule has 2 fully saturated rings. The molecule has 2 aliphatic rings. The van der Waals surface area contributed by atoms with Gasteiger partial charge in [-0.3, -0.25) is 19.9 Å². The Hall–Kier alpha value is -2.41. The average Bonchev–Trinajstić information content (AvgIpc) is 2.89. The monoisotopic (exact) mass is 372 g/mol. The molecule has 0 bridgehead atoms. The van der Waals surface area contributed by atoms with Gasteiger partial charge in [0.25, 0.3) is 11.8 Å². The van der Waals surface area contributed by atoms with Crippen LogP contribution in [0.5, 0.6) is 0 Å². The van der Waals surface area contributed by atoms with Gasteiger partial charge in [-0.05, 0) is 37.9 Å². The summed E-state index contributed by atoms with van der Waals surface area (Å²) in [6, 6.07) is 8.55. The van der Waals surface area contributed by atoms with Crippen molar-refractivity contribution in [2.75, 3.05) is 19.6 Å². The van der Waals surface area contributed by atoms with Crippen LogP contribution in [0, 0.1) is 0 Å². The van der Waals surface area contributed by atoms with Crippen molar-refractivity contribution >= 4 is 17.8 Å². The quantitative estimate of drug-likeness (QED) is 0.776. The van der Waals surface area contributed by atoms with E-state index in [1.807, 2.05) is 37.3 Å². The number of nitrogens with zero attached hydrogens (tertiary/aromatic N) is 2. The third kappa shape index (κ3) is 4.13. The van der Waals surface area contributed by atoms with E-state index in [-0.39, 0.29) is 12.5 Å². The Morgan fingerprint density at radius 2 is 1.70 bits per heavy atom. The molecule has 0 radical (unpaired) electrons. The van der Waals surface area contributed by atoms with Gasteiger partial charge in [-0.1, -0.05) is 56.5 Å². The molecule has 27 heavy (non-hydrogen) atoms. The third-order valence-corrected chi connectivity index (χ3v) is 5.44. The number of urea groups is 1. The Bertz CT molecular complexity index is 686. The first kappa shape index (κ1) is 19.4. The van der Waals surface area contributed by atoms with E-state index in [1.165, 1.54) is 19.3 Å². The second kappa shape index (κ2) is 8.52. The molecule has 146 valence electrons. The van der Waals surface area contributed by atoms with Crippen LogP contribution in [0.25, 0.3) is 0 Å². The third-order valence-electron chi connectivity index (χ3n) is 5.44. The van der Waals surface area contributed by atoms with Crippen molar-refractivity contribution in [1.29, 1.82) is 0 Å². The topological polar surface area (TPSA) is 81.8 Å². The number of hydrazine groups is 1. The Balaban J connectivity index is 1.67. The van der Waals surface area contributed by atoms with Crippen LogP contribution in [0.1, 0.15) is 51.0 Å². The van der Waals surface area contributed by atoms with Crippen LogP contribution in [0.15, 0.2) is 30.3 Å². The molecule has 0 spiro atoms. The molecule has 2 saturated heterocycles. The number of hydrogen-bond acceptors (Lipinski definition) is 4. The van der Waals surface area contributed by atoms with E-state index >= 15 is 0 Å². The number of benzene rings is 1. The minimum atomic E-state index is -1.13. The van der Waals surface area contributed by atoms with E-state index in [9.17, 15) is 14.4 Å². The molecule has 1 aromatic rings. The zero-order valence-electron chi connectivity index (χ0n) is 15.9. The maximum atomic E-state index is 13.0. The lowest BCUT2D eigenvalue weighted by Gasteiger charge is -2.26. The van der Waals surface area contributed by atoms with Crippen molar-refractivity contribution in [2.45, 2.75) is 51.0 Å². The van der Waals surface area contributed by atoms with E-state index in [4.69, 9.17) is 0 Å². The summed E-state index contributed by atoms with van der Waals surface area (Å²) in [5.74, 6) is -0.777. The summed E-state index contributed by atoms with van der Waals surface area (Å²) in [6.45, 7) is 3.78. The van der Waals surface area contributed by atoms with Crippen molar-refractivity contribution in [2.24, 2.45) is 0 Å². The number of likely N-dealkylation sites (tertiary alicyclic amines) is 1. The smallest absolute Gasteiger partial charge is 0.318 e. The van der Waals surface area contributed by atoms with Gasteiger partial charge in [-0.2, -0.15) is 5.01 Å². The zero-order valence-corrected chi connectivity index (χ0v) is 15.9. The van der Waals surface area contributed by atoms with Crippen molar-refractivity contribution in [3.63, 3.8) is 0 Å². The van der Waals surface area contributed by atoms with Gasteiger partial charge in [0.2, 0.25) is 0 Å². The number of carbonyl (C=O) groups excluding carboxylic acids is 3. The Morgan fingerprint density at radius 3 is 2.33 bits per heavy atom. The molecule has 3 rings (SSSR count). The van der Waals surface area contributed by atoms with Gasteiger partial charge in [0.05, 0.1) is 6.54 Å². The van der Waals surface area contributed by atoms with Crippen LogP contribution in [-0.2, 0) is 15.1 Å². The normalized spacial score (nSPS) is 24.3. The highest BCUT2D eigenvalue weighted by atomic mass is 16.2. The molecule has 0 saturated carbocycles. The first-order valence-corrected chi connectivity index (χ1v) is 9.81. The van der Waals surface area contributed by atoms with Crippen LogP contribution in [0.2, 0.25) is 0 Å². The number of nitrogens with one attached hydrogen (secondary N) is 2. The molecular formula is C20H28N4O3. The summed E-state index contributed by atoms with van der Waals surface area (Å²) in [5, 5.41) is 3.61. The summed E-state index contributed by atoms with van der Waals surface area (Å²) in [5.41, 5.74) is 2.09. The highest BCUT2D eigenvalue weighted by Crippen LogP contribution is 2.31. The van der Waals surface area contributed by atoms with Crippen LogP contribution in [-0.4, -0.2) is 47.4 Å². The van der Waals surface area contributed by atoms with Crippen molar-refractivity contribution < 1.29 is 14.4 Å². The molecule has 0 aliphatic carbocycles. The summed E-state index contributed by atoms with van der Waals surface area (Å²) < 4.78 is 0. The number of imide groups is 1. The molecule has 2 heterocycles. The summed E-state index contributed by atoms with van der Waals surface area (Å²) in [7, 11) is 0. The van der Waals surface area contributed by atoms with E-state index in [0.717, 1.165) is 30.9 Å². The summed E-state index contributed by atoms with van der Waals surface area (Å²) in [4.78, 5) is 40.0. The van der Waals surface area contributed by atoms with E-state index in [1.54, 1.807) is 0 Å². The molecule has 1 unspecified atom stereocenters. The van der Waals surface area contributed by atoms with E-state index in [0.29, 0.717) is 12.0 Å². The fourth-order valence-corrected chi connectivity index (χ4v) is 3.87. The highest BCUT2D eigenvalue weighted by molar-refractivity contribution is 6.08. The Labute approximate surface area is 160 Å². The van der Waals surface area contributed by atoms with Gasteiger partial charge in [-0.25, -0.2) is 4.79 Å². The van der Waals surface area contributed by atoms with Crippen LogP contribution in [0.3, 0.4) is 0 Å². The minimum absolute atomic E-state index is 0.196. The molecule has 2 N–H and O–H groups in total. The lowest BCUT2D eigenvalue weighted by molar-refractivity contribution is -0.139. The second-order valence-corrected chi connectivity index (χ2v) is 7.27. The molecule has 1 aromatic carbocycles. The summed E-state index contributed by atoms with van der Waals surface area (Å²) in [6.07, 6.45) is 6.16. The fourth-order valence-electron chi connectivity index (χ4n) is 3.87. The first-order chi connectivity index (χ1) is 13.1. The number of carbonyl (C=O) groups is 3. The standard InChI is InChI=1S/C20H28N4O3/c1-2-20(16-11-7-6-8-12-16)18(26)24(19(27)21-20)22-17(25)15-23-13-9-4-3-5-10-14-23/h6-8,11-12H,2-5,9-10,13-15H2,1H3,(H,21,27)(H,22,25). The predicted octanol–water partition coefficient (Wildman–Crippen LogP) is 2.14. The Morgan fingerprint density at radius 1 is 1.07 bits per heavy atom. The SMILES string of the molecule is CCC1(c2ccccc2)NC(=O)N(NC(=O)CN2CCCCCCC2)C1=O. The lowest BCUT2D eigenvalue weighted by atomic mass is 9.87. The second-order valence-electron chi connectivity index (χ2n) is 7.27. The molecule has 7 heteroatoms. The predicted molar refractivity (Wildman–Crippen MR) is 101 cm³/mol. The van der Waals surface area contributed by atoms with E-state index < -0.39 is 17.5 Å².